The summed E-state index contributed by atoms with van der Waals surface area (Å²) in [6, 6.07) is 4.88. The van der Waals surface area contributed by atoms with Crippen LogP contribution in [-0.2, 0) is 0 Å². The summed E-state index contributed by atoms with van der Waals surface area (Å²) in [5, 5.41) is 2.78. The minimum absolute atomic E-state index is 0.0346. The molecule has 1 unspecified atom stereocenters. The van der Waals surface area contributed by atoms with Crippen LogP contribution in [-0.4, -0.2) is 11.9 Å². The summed E-state index contributed by atoms with van der Waals surface area (Å²) in [4.78, 5) is 11.8. The molecule has 1 aromatic rings. The molecule has 0 aliphatic carbocycles. The number of amides is 1. The summed E-state index contributed by atoms with van der Waals surface area (Å²) in [6.07, 6.45) is 0. The Labute approximate surface area is 95.9 Å². The van der Waals surface area contributed by atoms with Crippen molar-refractivity contribution >= 4 is 5.91 Å². The Kier molecular flexibility index (Phi) is 4.05. The standard InChI is InChI=1S/C13H18FNO/c1-8(2)10(4)15-13(16)11-7-5-6-9(3)12(11)14/h5-8,10H,1-4H3,(H,15,16). The molecule has 0 saturated carbocycles. The van der Waals surface area contributed by atoms with E-state index in [4.69, 9.17) is 0 Å². The molecule has 1 aromatic carbocycles. The first-order chi connectivity index (χ1) is 7.43. The summed E-state index contributed by atoms with van der Waals surface area (Å²) >= 11 is 0. The van der Waals surface area contributed by atoms with E-state index >= 15 is 0 Å². The molecule has 0 aliphatic rings. The maximum Gasteiger partial charge on any atom is 0.254 e. The summed E-state index contributed by atoms with van der Waals surface area (Å²) in [5.74, 6) is -0.449. The van der Waals surface area contributed by atoms with Gasteiger partial charge in [0.1, 0.15) is 5.82 Å². The fourth-order valence-corrected chi connectivity index (χ4v) is 1.27. The van der Waals surface area contributed by atoms with Crippen molar-refractivity contribution in [3.8, 4) is 0 Å². The van der Waals surface area contributed by atoms with Crippen LogP contribution in [0.2, 0.25) is 0 Å². The zero-order valence-corrected chi connectivity index (χ0v) is 10.2. The average molecular weight is 223 g/mol. The van der Waals surface area contributed by atoms with E-state index in [-0.39, 0.29) is 17.5 Å². The Bertz CT molecular complexity index is 388. The molecule has 0 radical (unpaired) electrons. The third-order valence-corrected chi connectivity index (χ3v) is 2.80. The van der Waals surface area contributed by atoms with Crippen molar-refractivity contribution in [1.29, 1.82) is 0 Å². The number of halogens is 1. The minimum Gasteiger partial charge on any atom is -0.349 e. The van der Waals surface area contributed by atoms with Gasteiger partial charge >= 0.3 is 0 Å². The lowest BCUT2D eigenvalue weighted by atomic mass is 10.1. The summed E-state index contributed by atoms with van der Waals surface area (Å²) < 4.78 is 13.6. The maximum absolute atomic E-state index is 13.6. The molecule has 3 heteroatoms. The molecule has 0 aliphatic heterocycles. The molecule has 0 fully saturated rings. The fourth-order valence-electron chi connectivity index (χ4n) is 1.27. The summed E-state index contributed by atoms with van der Waals surface area (Å²) in [6.45, 7) is 7.59. The lowest BCUT2D eigenvalue weighted by molar-refractivity contribution is 0.0926. The number of hydrogen-bond donors (Lipinski definition) is 1. The first-order valence-electron chi connectivity index (χ1n) is 5.49. The zero-order chi connectivity index (χ0) is 12.3. The van der Waals surface area contributed by atoms with Crippen molar-refractivity contribution in [3.63, 3.8) is 0 Å². The van der Waals surface area contributed by atoms with Crippen molar-refractivity contribution in [2.75, 3.05) is 0 Å². The average Bonchev–Trinajstić information content (AvgIpc) is 2.21. The molecule has 0 saturated heterocycles. The fraction of sp³-hybridized carbons (Fsp3) is 0.462. The SMILES string of the molecule is Cc1cccc(C(=O)NC(C)C(C)C)c1F. The largest absolute Gasteiger partial charge is 0.349 e. The smallest absolute Gasteiger partial charge is 0.254 e. The second-order valence-corrected chi connectivity index (χ2v) is 4.44. The normalized spacial score (nSPS) is 12.6. The van der Waals surface area contributed by atoms with Gasteiger partial charge in [0, 0.05) is 6.04 Å². The minimum atomic E-state index is -0.434. The molecule has 1 atom stereocenters. The van der Waals surface area contributed by atoms with Crippen LogP contribution in [0, 0.1) is 18.7 Å². The summed E-state index contributed by atoms with van der Waals surface area (Å²) in [7, 11) is 0. The lowest BCUT2D eigenvalue weighted by Crippen LogP contribution is -2.36. The third kappa shape index (κ3) is 2.81. The van der Waals surface area contributed by atoms with Gasteiger partial charge in [0.25, 0.3) is 5.91 Å². The second-order valence-electron chi connectivity index (χ2n) is 4.44. The van der Waals surface area contributed by atoms with Crippen LogP contribution in [0.15, 0.2) is 18.2 Å². The van der Waals surface area contributed by atoms with Crippen molar-refractivity contribution in [2.45, 2.75) is 33.7 Å². The molecular weight excluding hydrogens is 205 g/mol. The zero-order valence-electron chi connectivity index (χ0n) is 10.2. The van der Waals surface area contributed by atoms with Crippen molar-refractivity contribution < 1.29 is 9.18 Å². The Balaban J connectivity index is 2.85. The molecule has 0 bridgehead atoms. The number of benzene rings is 1. The van der Waals surface area contributed by atoms with E-state index in [0.29, 0.717) is 11.5 Å². The lowest BCUT2D eigenvalue weighted by Gasteiger charge is -2.17. The number of hydrogen-bond acceptors (Lipinski definition) is 1. The van der Waals surface area contributed by atoms with Gasteiger partial charge in [-0.15, -0.1) is 0 Å². The number of rotatable bonds is 3. The van der Waals surface area contributed by atoms with Gasteiger partial charge in [0.2, 0.25) is 0 Å². The van der Waals surface area contributed by atoms with Crippen LogP contribution in [0.3, 0.4) is 0 Å². The van der Waals surface area contributed by atoms with E-state index in [1.165, 1.54) is 6.07 Å². The van der Waals surface area contributed by atoms with E-state index < -0.39 is 5.82 Å². The highest BCUT2D eigenvalue weighted by atomic mass is 19.1. The molecule has 88 valence electrons. The van der Waals surface area contributed by atoms with Gasteiger partial charge in [-0.3, -0.25) is 4.79 Å². The van der Waals surface area contributed by atoms with Crippen LogP contribution < -0.4 is 5.32 Å². The van der Waals surface area contributed by atoms with Gasteiger partial charge < -0.3 is 5.32 Å². The third-order valence-electron chi connectivity index (χ3n) is 2.80. The number of aryl methyl sites for hydroxylation is 1. The molecular formula is C13H18FNO. The summed E-state index contributed by atoms with van der Waals surface area (Å²) in [5.41, 5.74) is 0.609. The number of carbonyl (C=O) groups excluding carboxylic acids is 1. The first kappa shape index (κ1) is 12.7. The Hall–Kier alpha value is -1.38. The van der Waals surface area contributed by atoms with Crippen LogP contribution in [0.5, 0.6) is 0 Å². The van der Waals surface area contributed by atoms with E-state index in [2.05, 4.69) is 5.32 Å². The molecule has 0 spiro atoms. The molecule has 0 aromatic heterocycles. The van der Waals surface area contributed by atoms with Gasteiger partial charge in [-0.1, -0.05) is 26.0 Å². The topological polar surface area (TPSA) is 29.1 Å². The van der Waals surface area contributed by atoms with Gasteiger partial charge in [0.15, 0.2) is 0 Å². The highest BCUT2D eigenvalue weighted by Gasteiger charge is 2.16. The van der Waals surface area contributed by atoms with Crippen molar-refractivity contribution in [3.05, 3.63) is 35.1 Å². The molecule has 2 nitrogen and oxygen atoms in total. The van der Waals surface area contributed by atoms with Gasteiger partial charge in [0.05, 0.1) is 5.56 Å². The van der Waals surface area contributed by atoms with Crippen molar-refractivity contribution in [2.24, 2.45) is 5.92 Å². The van der Waals surface area contributed by atoms with Crippen molar-refractivity contribution in [1.82, 2.24) is 5.32 Å². The molecule has 16 heavy (non-hydrogen) atoms. The Morgan fingerprint density at radius 1 is 1.31 bits per heavy atom. The van der Waals surface area contributed by atoms with Crippen LogP contribution in [0.4, 0.5) is 4.39 Å². The molecule has 1 rings (SSSR count). The molecule has 1 N–H and O–H groups in total. The van der Waals surface area contributed by atoms with Crippen LogP contribution >= 0.6 is 0 Å². The van der Waals surface area contributed by atoms with E-state index in [1.54, 1.807) is 19.1 Å². The highest BCUT2D eigenvalue weighted by Crippen LogP contribution is 2.12. The van der Waals surface area contributed by atoms with E-state index in [1.807, 2.05) is 20.8 Å². The quantitative estimate of drug-likeness (QED) is 0.838. The van der Waals surface area contributed by atoms with Crippen LogP contribution in [0.1, 0.15) is 36.7 Å². The van der Waals surface area contributed by atoms with Gasteiger partial charge in [-0.25, -0.2) is 4.39 Å². The van der Waals surface area contributed by atoms with Gasteiger partial charge in [-0.2, -0.15) is 0 Å². The maximum atomic E-state index is 13.6. The monoisotopic (exact) mass is 223 g/mol. The van der Waals surface area contributed by atoms with Gasteiger partial charge in [-0.05, 0) is 31.4 Å². The number of carbonyl (C=O) groups is 1. The predicted octanol–water partition coefficient (Wildman–Crippen LogP) is 2.91. The number of nitrogens with one attached hydrogen (secondary N) is 1. The Morgan fingerprint density at radius 2 is 1.94 bits per heavy atom. The van der Waals surface area contributed by atoms with Crippen LogP contribution in [0.25, 0.3) is 0 Å². The Morgan fingerprint density at radius 3 is 2.50 bits per heavy atom. The predicted molar refractivity (Wildman–Crippen MR) is 62.9 cm³/mol. The second kappa shape index (κ2) is 5.10. The molecule has 1 amide bonds. The van der Waals surface area contributed by atoms with E-state index in [0.717, 1.165) is 0 Å². The highest BCUT2D eigenvalue weighted by molar-refractivity contribution is 5.94. The van der Waals surface area contributed by atoms with E-state index in [9.17, 15) is 9.18 Å². The molecule has 0 heterocycles. The first-order valence-corrected chi connectivity index (χ1v) is 5.49.